The quantitative estimate of drug-likeness (QED) is 0.738. The van der Waals surface area contributed by atoms with Crippen LogP contribution >= 0.6 is 0 Å². The summed E-state index contributed by atoms with van der Waals surface area (Å²) < 4.78 is 31.9. The fraction of sp³-hybridized carbons (Fsp3) is 0.478. The molecule has 1 saturated heterocycles. The zero-order chi connectivity index (χ0) is 20.1. The summed E-state index contributed by atoms with van der Waals surface area (Å²) in [7, 11) is -0.352. The van der Waals surface area contributed by atoms with Crippen molar-refractivity contribution in [3.05, 3.63) is 58.9 Å². The van der Waals surface area contributed by atoms with Crippen molar-refractivity contribution in [2.75, 3.05) is 0 Å². The number of hydrogen-bond acceptors (Lipinski definition) is 3. The summed E-state index contributed by atoms with van der Waals surface area (Å²) in [5.41, 5.74) is 3.66. The zero-order valence-electron chi connectivity index (χ0n) is 17.3. The molecule has 0 bridgehead atoms. The molecule has 1 atom stereocenters. The molecule has 2 aromatic rings. The van der Waals surface area contributed by atoms with Gasteiger partial charge in [-0.1, -0.05) is 18.2 Å². The largest absolute Gasteiger partial charge is 0.494 e. The summed E-state index contributed by atoms with van der Waals surface area (Å²) in [6.45, 7) is 10.2. The molecule has 2 aromatic carbocycles. The van der Waals surface area contributed by atoms with Crippen LogP contribution in [0.3, 0.4) is 0 Å². The highest BCUT2D eigenvalue weighted by molar-refractivity contribution is 6.62. The van der Waals surface area contributed by atoms with Crippen LogP contribution < -0.4 is 10.2 Å². The first kappa shape index (κ1) is 19.5. The molecule has 0 aliphatic carbocycles. The lowest BCUT2D eigenvalue weighted by atomic mass is 9.77. The lowest BCUT2D eigenvalue weighted by Gasteiger charge is -2.32. The summed E-state index contributed by atoms with van der Waals surface area (Å²) >= 11 is 0. The molecule has 28 heavy (non-hydrogen) atoms. The number of rotatable bonds is 3. The SMILES string of the molecule is Cc1cc(F)ccc1CC1CCc2cc(B3OC(C)(C)C(C)(C)O3)ccc2O1. The molecule has 0 N–H and O–H groups in total. The van der Waals surface area contributed by atoms with Crippen LogP contribution in [0.15, 0.2) is 36.4 Å². The molecule has 0 aromatic heterocycles. The van der Waals surface area contributed by atoms with Crippen molar-refractivity contribution in [2.24, 2.45) is 0 Å². The van der Waals surface area contributed by atoms with Crippen LogP contribution in [0, 0.1) is 12.7 Å². The zero-order valence-corrected chi connectivity index (χ0v) is 17.3. The van der Waals surface area contributed by atoms with Gasteiger partial charge in [0, 0.05) is 6.42 Å². The third-order valence-electron chi connectivity index (χ3n) is 6.39. The minimum absolute atomic E-state index is 0.111. The molecule has 0 radical (unpaired) electrons. The van der Waals surface area contributed by atoms with Crippen molar-refractivity contribution in [3.63, 3.8) is 0 Å². The third-order valence-corrected chi connectivity index (χ3v) is 6.39. The lowest BCUT2D eigenvalue weighted by molar-refractivity contribution is 0.00578. The molecule has 5 heteroatoms. The number of aryl methyl sites for hydroxylation is 2. The Kier molecular flexibility index (Phi) is 4.79. The van der Waals surface area contributed by atoms with Crippen molar-refractivity contribution >= 4 is 12.6 Å². The van der Waals surface area contributed by atoms with Gasteiger partial charge in [-0.25, -0.2) is 4.39 Å². The average Bonchev–Trinajstić information content (AvgIpc) is 2.84. The van der Waals surface area contributed by atoms with Crippen LogP contribution in [0.2, 0.25) is 0 Å². The highest BCUT2D eigenvalue weighted by atomic mass is 19.1. The molecular weight excluding hydrogens is 354 g/mol. The molecule has 2 aliphatic rings. The summed E-state index contributed by atoms with van der Waals surface area (Å²) in [5, 5.41) is 0. The smallest absolute Gasteiger partial charge is 0.490 e. The minimum Gasteiger partial charge on any atom is -0.490 e. The Bertz CT molecular complexity index is 877. The second-order valence-electron chi connectivity index (χ2n) is 9.01. The minimum atomic E-state index is -0.352. The van der Waals surface area contributed by atoms with E-state index in [0.717, 1.165) is 41.6 Å². The Labute approximate surface area is 167 Å². The Balaban J connectivity index is 1.48. The first-order chi connectivity index (χ1) is 13.1. The van der Waals surface area contributed by atoms with Crippen LogP contribution in [0.1, 0.15) is 50.8 Å². The summed E-state index contributed by atoms with van der Waals surface area (Å²) in [4.78, 5) is 0. The molecule has 0 amide bonds. The van der Waals surface area contributed by atoms with E-state index in [9.17, 15) is 4.39 Å². The van der Waals surface area contributed by atoms with Gasteiger partial charge >= 0.3 is 7.12 Å². The number of ether oxygens (including phenoxy) is 1. The summed E-state index contributed by atoms with van der Waals surface area (Å²) in [6, 6.07) is 11.2. The van der Waals surface area contributed by atoms with E-state index in [1.54, 1.807) is 6.07 Å². The maximum absolute atomic E-state index is 13.3. The molecule has 2 aliphatic heterocycles. The van der Waals surface area contributed by atoms with Gasteiger partial charge in [-0.05, 0) is 87.8 Å². The predicted octanol–water partition coefficient (Wildman–Crippen LogP) is 4.37. The van der Waals surface area contributed by atoms with Crippen molar-refractivity contribution in [2.45, 2.75) is 71.2 Å². The summed E-state index contributed by atoms with van der Waals surface area (Å²) in [6.07, 6.45) is 2.80. The van der Waals surface area contributed by atoms with E-state index in [1.807, 2.05) is 25.1 Å². The normalized spacial score (nSPS) is 22.6. The van der Waals surface area contributed by atoms with Crippen LogP contribution in [0.5, 0.6) is 5.75 Å². The Morgan fingerprint density at radius 2 is 1.75 bits per heavy atom. The first-order valence-corrected chi connectivity index (χ1v) is 10.0. The molecule has 2 heterocycles. The van der Waals surface area contributed by atoms with Gasteiger partial charge in [0.25, 0.3) is 0 Å². The van der Waals surface area contributed by atoms with Crippen molar-refractivity contribution in [3.8, 4) is 5.75 Å². The van der Waals surface area contributed by atoms with Gasteiger partial charge in [0.1, 0.15) is 17.7 Å². The fourth-order valence-electron chi connectivity index (χ4n) is 3.87. The number of hydrogen-bond donors (Lipinski definition) is 0. The molecular formula is C23H28BFO3. The standard InChI is InChI=1S/C23H28BFO3/c1-15-12-19(25)9-6-16(15)14-20-10-7-17-13-18(8-11-21(17)26-20)24-27-22(2,3)23(4,5)28-24/h6,8-9,11-13,20H,7,10,14H2,1-5H3. The molecule has 1 fully saturated rings. The van der Waals surface area contributed by atoms with Gasteiger partial charge in [0.05, 0.1) is 11.2 Å². The molecule has 1 unspecified atom stereocenters. The van der Waals surface area contributed by atoms with Gasteiger partial charge in [-0.2, -0.15) is 0 Å². The second-order valence-corrected chi connectivity index (χ2v) is 9.01. The maximum atomic E-state index is 13.3. The monoisotopic (exact) mass is 382 g/mol. The number of benzene rings is 2. The van der Waals surface area contributed by atoms with E-state index in [4.69, 9.17) is 14.0 Å². The predicted molar refractivity (Wildman–Crippen MR) is 110 cm³/mol. The van der Waals surface area contributed by atoms with Crippen molar-refractivity contribution < 1.29 is 18.4 Å². The van der Waals surface area contributed by atoms with Crippen LogP contribution in [-0.2, 0) is 22.2 Å². The van der Waals surface area contributed by atoms with E-state index in [0.29, 0.717) is 0 Å². The fourth-order valence-corrected chi connectivity index (χ4v) is 3.87. The molecule has 0 spiro atoms. The lowest BCUT2D eigenvalue weighted by Crippen LogP contribution is -2.41. The highest BCUT2D eigenvalue weighted by Crippen LogP contribution is 2.37. The van der Waals surface area contributed by atoms with E-state index < -0.39 is 0 Å². The Hall–Kier alpha value is -1.85. The average molecular weight is 382 g/mol. The van der Waals surface area contributed by atoms with E-state index in [2.05, 4.69) is 33.8 Å². The third kappa shape index (κ3) is 3.58. The van der Waals surface area contributed by atoms with E-state index >= 15 is 0 Å². The molecule has 4 rings (SSSR count). The van der Waals surface area contributed by atoms with Crippen LogP contribution in [-0.4, -0.2) is 24.4 Å². The number of fused-ring (bicyclic) bond motifs is 1. The van der Waals surface area contributed by atoms with Gasteiger partial charge in [-0.3, -0.25) is 0 Å². The van der Waals surface area contributed by atoms with E-state index in [1.165, 1.54) is 11.6 Å². The topological polar surface area (TPSA) is 27.7 Å². The molecule has 148 valence electrons. The van der Waals surface area contributed by atoms with Crippen LogP contribution in [0.4, 0.5) is 4.39 Å². The summed E-state index contributed by atoms with van der Waals surface area (Å²) in [5.74, 6) is 0.739. The van der Waals surface area contributed by atoms with Gasteiger partial charge in [0.2, 0.25) is 0 Å². The first-order valence-electron chi connectivity index (χ1n) is 10.0. The van der Waals surface area contributed by atoms with Crippen LogP contribution in [0.25, 0.3) is 0 Å². The number of halogens is 1. The van der Waals surface area contributed by atoms with Crippen molar-refractivity contribution in [1.82, 2.24) is 0 Å². The molecule has 0 saturated carbocycles. The van der Waals surface area contributed by atoms with E-state index in [-0.39, 0.29) is 30.2 Å². The van der Waals surface area contributed by atoms with Crippen molar-refractivity contribution in [1.29, 1.82) is 0 Å². The Morgan fingerprint density at radius 3 is 2.43 bits per heavy atom. The molecule has 3 nitrogen and oxygen atoms in total. The van der Waals surface area contributed by atoms with Gasteiger partial charge in [-0.15, -0.1) is 0 Å². The Morgan fingerprint density at radius 1 is 1.04 bits per heavy atom. The maximum Gasteiger partial charge on any atom is 0.494 e. The van der Waals surface area contributed by atoms with Gasteiger partial charge < -0.3 is 14.0 Å². The highest BCUT2D eigenvalue weighted by Gasteiger charge is 2.51. The second kappa shape index (κ2) is 6.89. The van der Waals surface area contributed by atoms with Gasteiger partial charge in [0.15, 0.2) is 0 Å².